The quantitative estimate of drug-likeness (QED) is 0.558. The number of aromatic amines is 1. The lowest BCUT2D eigenvalue weighted by molar-refractivity contribution is -0.131. The van der Waals surface area contributed by atoms with E-state index in [1.165, 1.54) is 16.8 Å². The van der Waals surface area contributed by atoms with Crippen molar-refractivity contribution in [2.24, 2.45) is 5.92 Å². The van der Waals surface area contributed by atoms with Crippen molar-refractivity contribution in [3.05, 3.63) is 58.3 Å². The molecule has 4 rings (SSSR count). The van der Waals surface area contributed by atoms with Crippen LogP contribution in [0.4, 0.5) is 5.69 Å². The van der Waals surface area contributed by atoms with Gasteiger partial charge >= 0.3 is 0 Å². The van der Waals surface area contributed by atoms with Crippen molar-refractivity contribution in [1.82, 2.24) is 19.8 Å². The monoisotopic (exact) mass is 498 g/mol. The molecule has 3 amide bonds. The molecule has 0 bridgehead atoms. The summed E-state index contributed by atoms with van der Waals surface area (Å²) in [4.78, 5) is 48.1. The SMILES string of the molecule is CN(CC(=O)N1CC(C(=O)Nc2ccccc2)CC1C#N)C(=O)c1nc2cc(Cl)c(Cl)cc2[nH]1. The van der Waals surface area contributed by atoms with Crippen LogP contribution in [-0.4, -0.2) is 63.7 Å². The van der Waals surface area contributed by atoms with Gasteiger partial charge in [0.2, 0.25) is 11.8 Å². The lowest BCUT2D eigenvalue weighted by atomic mass is 10.1. The highest BCUT2D eigenvalue weighted by Crippen LogP contribution is 2.27. The van der Waals surface area contributed by atoms with Crippen LogP contribution in [0.2, 0.25) is 10.0 Å². The first-order valence-corrected chi connectivity index (χ1v) is 11.2. The Morgan fingerprint density at radius 3 is 2.65 bits per heavy atom. The molecule has 2 atom stereocenters. The third kappa shape index (κ3) is 4.83. The Morgan fingerprint density at radius 1 is 1.24 bits per heavy atom. The summed E-state index contributed by atoms with van der Waals surface area (Å²) in [5.74, 6) is -1.70. The van der Waals surface area contributed by atoms with Gasteiger partial charge in [-0.15, -0.1) is 0 Å². The Bertz CT molecular complexity index is 1260. The third-order valence-corrected chi connectivity index (χ3v) is 6.35. The van der Waals surface area contributed by atoms with Gasteiger partial charge in [0.05, 0.1) is 39.6 Å². The fourth-order valence-electron chi connectivity index (χ4n) is 3.84. The van der Waals surface area contributed by atoms with Gasteiger partial charge in [-0.2, -0.15) is 5.26 Å². The number of H-pyrrole nitrogens is 1. The fourth-order valence-corrected chi connectivity index (χ4v) is 4.16. The van der Waals surface area contributed by atoms with Gasteiger partial charge in [-0.25, -0.2) is 4.98 Å². The van der Waals surface area contributed by atoms with E-state index in [1.54, 1.807) is 36.4 Å². The number of hydrogen-bond acceptors (Lipinski definition) is 5. The summed E-state index contributed by atoms with van der Waals surface area (Å²) in [6.07, 6.45) is 0.226. The first kappa shape index (κ1) is 23.5. The van der Waals surface area contributed by atoms with Crippen LogP contribution in [0.25, 0.3) is 11.0 Å². The van der Waals surface area contributed by atoms with Crippen LogP contribution < -0.4 is 5.32 Å². The summed E-state index contributed by atoms with van der Waals surface area (Å²) in [6.45, 7) is -0.179. The zero-order valence-electron chi connectivity index (χ0n) is 18.1. The van der Waals surface area contributed by atoms with E-state index < -0.39 is 23.8 Å². The number of carbonyl (C=O) groups excluding carboxylic acids is 3. The topological polar surface area (TPSA) is 122 Å². The lowest BCUT2D eigenvalue weighted by Crippen LogP contribution is -2.43. The van der Waals surface area contributed by atoms with Crippen LogP contribution in [0.15, 0.2) is 42.5 Å². The molecule has 1 saturated heterocycles. The van der Waals surface area contributed by atoms with Crippen molar-refractivity contribution >= 4 is 57.6 Å². The van der Waals surface area contributed by atoms with Crippen LogP contribution in [0.3, 0.4) is 0 Å². The average molecular weight is 499 g/mol. The molecule has 1 aliphatic heterocycles. The molecule has 174 valence electrons. The Hall–Kier alpha value is -3.61. The number of fused-ring (bicyclic) bond motifs is 1. The number of likely N-dealkylation sites (N-methyl/N-ethyl adjacent to an activating group) is 1. The van der Waals surface area contributed by atoms with E-state index in [-0.39, 0.29) is 31.2 Å². The number of carbonyl (C=O) groups is 3. The number of nitrogens with one attached hydrogen (secondary N) is 2. The van der Waals surface area contributed by atoms with Crippen LogP contribution in [-0.2, 0) is 9.59 Å². The number of rotatable bonds is 5. The third-order valence-electron chi connectivity index (χ3n) is 5.63. The van der Waals surface area contributed by atoms with Gasteiger partial charge in [0, 0.05) is 19.3 Å². The van der Waals surface area contributed by atoms with Gasteiger partial charge in [0.1, 0.15) is 6.04 Å². The minimum Gasteiger partial charge on any atom is -0.334 e. The van der Waals surface area contributed by atoms with Crippen LogP contribution in [0.1, 0.15) is 17.0 Å². The summed E-state index contributed by atoms with van der Waals surface area (Å²) in [7, 11) is 1.46. The first-order chi connectivity index (χ1) is 16.3. The van der Waals surface area contributed by atoms with E-state index in [0.717, 1.165) is 0 Å². The maximum atomic E-state index is 12.9. The van der Waals surface area contributed by atoms with E-state index >= 15 is 0 Å². The smallest absolute Gasteiger partial charge is 0.289 e. The molecule has 2 unspecified atom stereocenters. The molecule has 3 aromatic rings. The van der Waals surface area contributed by atoms with Gasteiger partial charge < -0.3 is 20.1 Å². The minimum absolute atomic E-state index is 0.0296. The van der Waals surface area contributed by atoms with Crippen LogP contribution in [0.5, 0.6) is 0 Å². The number of likely N-dealkylation sites (tertiary alicyclic amines) is 1. The molecule has 0 aliphatic carbocycles. The van der Waals surface area contributed by atoms with E-state index in [1.807, 2.05) is 6.07 Å². The van der Waals surface area contributed by atoms with Crippen molar-refractivity contribution in [2.45, 2.75) is 12.5 Å². The van der Waals surface area contributed by atoms with Gasteiger partial charge in [0.25, 0.3) is 5.91 Å². The summed E-state index contributed by atoms with van der Waals surface area (Å²) < 4.78 is 0. The highest BCUT2D eigenvalue weighted by molar-refractivity contribution is 6.42. The maximum Gasteiger partial charge on any atom is 0.289 e. The predicted molar refractivity (Wildman–Crippen MR) is 127 cm³/mol. The molecule has 1 fully saturated rings. The standard InChI is InChI=1S/C23H20Cl2N6O3/c1-30(23(34)21-28-18-8-16(24)17(25)9-19(18)29-21)12-20(32)31-11-13(7-15(31)10-26)22(33)27-14-5-3-2-4-6-14/h2-6,8-9,13,15H,7,11-12H2,1H3,(H,27,33)(H,28,29). The molecule has 34 heavy (non-hydrogen) atoms. The van der Waals surface area contributed by atoms with E-state index in [2.05, 4.69) is 21.4 Å². The second-order valence-electron chi connectivity index (χ2n) is 8.01. The minimum atomic E-state index is -0.752. The molecule has 0 radical (unpaired) electrons. The van der Waals surface area contributed by atoms with Gasteiger partial charge in [-0.05, 0) is 30.7 Å². The number of nitriles is 1. The highest BCUT2D eigenvalue weighted by Gasteiger charge is 2.39. The van der Waals surface area contributed by atoms with E-state index in [0.29, 0.717) is 26.8 Å². The molecule has 2 aromatic carbocycles. The van der Waals surface area contributed by atoms with Crippen molar-refractivity contribution in [3.8, 4) is 6.07 Å². The summed E-state index contributed by atoms with van der Waals surface area (Å²) in [6, 6.07) is 13.4. The number of nitrogens with zero attached hydrogens (tertiary/aromatic N) is 4. The lowest BCUT2D eigenvalue weighted by Gasteiger charge is -2.23. The van der Waals surface area contributed by atoms with E-state index in [4.69, 9.17) is 23.2 Å². The Balaban J connectivity index is 1.41. The molecule has 0 spiro atoms. The molecule has 1 aliphatic rings. The summed E-state index contributed by atoms with van der Waals surface area (Å²) in [5, 5.41) is 13.0. The number of anilines is 1. The number of amides is 3. The highest BCUT2D eigenvalue weighted by atomic mass is 35.5. The number of hydrogen-bond donors (Lipinski definition) is 2. The second-order valence-corrected chi connectivity index (χ2v) is 8.82. The Labute approximate surface area is 205 Å². The molecule has 9 nitrogen and oxygen atoms in total. The van der Waals surface area contributed by atoms with Crippen molar-refractivity contribution in [3.63, 3.8) is 0 Å². The largest absolute Gasteiger partial charge is 0.334 e. The Kier molecular flexibility index (Phi) is 6.72. The molecule has 0 saturated carbocycles. The van der Waals surface area contributed by atoms with Gasteiger partial charge in [-0.3, -0.25) is 14.4 Å². The number of aromatic nitrogens is 2. The molecule has 2 N–H and O–H groups in total. The summed E-state index contributed by atoms with van der Waals surface area (Å²) in [5.41, 5.74) is 1.65. The maximum absolute atomic E-state index is 12.9. The first-order valence-electron chi connectivity index (χ1n) is 10.4. The number of para-hydroxylation sites is 1. The van der Waals surface area contributed by atoms with Crippen molar-refractivity contribution in [1.29, 1.82) is 5.26 Å². The normalized spacial score (nSPS) is 17.4. The van der Waals surface area contributed by atoms with Crippen molar-refractivity contribution < 1.29 is 14.4 Å². The molecular formula is C23H20Cl2N6O3. The van der Waals surface area contributed by atoms with Crippen LogP contribution >= 0.6 is 23.2 Å². The number of benzene rings is 2. The Morgan fingerprint density at radius 2 is 1.94 bits per heavy atom. The zero-order chi connectivity index (χ0) is 24.4. The molecule has 11 heteroatoms. The molecule has 2 heterocycles. The zero-order valence-corrected chi connectivity index (χ0v) is 19.6. The second kappa shape index (κ2) is 9.71. The van der Waals surface area contributed by atoms with Gasteiger partial charge in [-0.1, -0.05) is 41.4 Å². The van der Waals surface area contributed by atoms with Crippen LogP contribution in [0, 0.1) is 17.2 Å². The summed E-state index contributed by atoms with van der Waals surface area (Å²) >= 11 is 12.0. The predicted octanol–water partition coefficient (Wildman–Crippen LogP) is 3.32. The van der Waals surface area contributed by atoms with Crippen molar-refractivity contribution in [2.75, 3.05) is 25.5 Å². The molecular weight excluding hydrogens is 479 g/mol. The number of imidazole rings is 1. The molecule has 1 aromatic heterocycles. The van der Waals surface area contributed by atoms with Gasteiger partial charge in [0.15, 0.2) is 5.82 Å². The average Bonchev–Trinajstić information content (AvgIpc) is 3.44. The fraction of sp³-hybridized carbons (Fsp3) is 0.261. The van der Waals surface area contributed by atoms with E-state index in [9.17, 15) is 19.6 Å². The number of halogens is 2.